The number of alkyl halides is 2. The molecule has 0 amide bonds. The molecular weight excluding hydrogens is 366 g/mol. The van der Waals surface area contributed by atoms with Crippen LogP contribution < -0.4 is 4.74 Å². The molecule has 0 radical (unpaired) electrons. The lowest BCUT2D eigenvalue weighted by atomic mass is 9.84. The van der Waals surface area contributed by atoms with Gasteiger partial charge in [0.05, 0.1) is 18.3 Å². The smallest absolute Gasteiger partial charge is 0.271 e. The van der Waals surface area contributed by atoms with Crippen LogP contribution in [0.25, 0.3) is 0 Å². The van der Waals surface area contributed by atoms with Crippen LogP contribution in [0.1, 0.15) is 87.6 Å². The molecular formula is C22H32F2O4. The molecule has 1 aromatic carbocycles. The van der Waals surface area contributed by atoms with Gasteiger partial charge in [0, 0.05) is 13.0 Å². The molecule has 0 saturated heterocycles. The zero-order chi connectivity index (χ0) is 20.5. The van der Waals surface area contributed by atoms with Crippen molar-refractivity contribution in [3.05, 3.63) is 23.3 Å². The lowest BCUT2D eigenvalue weighted by Gasteiger charge is -2.28. The minimum Gasteiger partial charge on any atom is -0.507 e. The third kappa shape index (κ3) is 6.16. The van der Waals surface area contributed by atoms with E-state index in [-0.39, 0.29) is 30.1 Å². The van der Waals surface area contributed by atoms with Gasteiger partial charge in [0.1, 0.15) is 17.1 Å². The minimum atomic E-state index is -2.90. The van der Waals surface area contributed by atoms with Gasteiger partial charge in [-0.2, -0.15) is 0 Å². The maximum absolute atomic E-state index is 13.3. The second kappa shape index (κ2) is 11.3. The van der Waals surface area contributed by atoms with Crippen molar-refractivity contribution in [3.8, 4) is 11.5 Å². The molecule has 0 spiro atoms. The fourth-order valence-corrected chi connectivity index (χ4v) is 3.86. The number of phenolic OH excluding ortho intramolecular Hbond substituents is 1. The van der Waals surface area contributed by atoms with Crippen LogP contribution in [0.2, 0.25) is 0 Å². The number of benzene rings is 1. The molecule has 2 rings (SSSR count). The maximum atomic E-state index is 13.3. The van der Waals surface area contributed by atoms with Crippen molar-refractivity contribution in [1.82, 2.24) is 0 Å². The first kappa shape index (κ1) is 22.6. The van der Waals surface area contributed by atoms with Crippen LogP contribution in [0, 0.1) is 5.92 Å². The molecule has 1 aliphatic carbocycles. The molecule has 4 nitrogen and oxygen atoms in total. The van der Waals surface area contributed by atoms with E-state index in [1.54, 1.807) is 6.92 Å². The van der Waals surface area contributed by atoms with Crippen LogP contribution in [0.4, 0.5) is 8.78 Å². The number of Topliss-reactive ketones (excluding diaryl/α,β-unsaturated/α-hetero) is 1. The van der Waals surface area contributed by atoms with Crippen molar-refractivity contribution >= 4 is 5.78 Å². The van der Waals surface area contributed by atoms with Crippen LogP contribution in [0.15, 0.2) is 12.1 Å². The van der Waals surface area contributed by atoms with E-state index < -0.39 is 17.7 Å². The molecule has 1 N–H and O–H groups in total. The fourth-order valence-electron chi connectivity index (χ4n) is 3.86. The largest absolute Gasteiger partial charge is 0.507 e. The first-order valence-electron chi connectivity index (χ1n) is 10.4. The van der Waals surface area contributed by atoms with Crippen LogP contribution in [0.5, 0.6) is 11.5 Å². The molecule has 0 bridgehead atoms. The van der Waals surface area contributed by atoms with Crippen molar-refractivity contribution in [2.24, 2.45) is 5.92 Å². The Kier molecular flexibility index (Phi) is 9.16. The van der Waals surface area contributed by atoms with E-state index in [2.05, 4.69) is 6.92 Å². The molecule has 0 heterocycles. The zero-order valence-electron chi connectivity index (χ0n) is 16.9. The minimum absolute atomic E-state index is 0.0459. The molecule has 158 valence electrons. The lowest BCUT2D eigenvalue weighted by molar-refractivity contribution is 0.0174. The van der Waals surface area contributed by atoms with Crippen LogP contribution in [-0.4, -0.2) is 30.2 Å². The van der Waals surface area contributed by atoms with Gasteiger partial charge >= 0.3 is 0 Å². The first-order valence-corrected chi connectivity index (χ1v) is 10.4. The summed E-state index contributed by atoms with van der Waals surface area (Å²) in [4.78, 5) is 12.5. The molecule has 0 aromatic heterocycles. The van der Waals surface area contributed by atoms with Crippen molar-refractivity contribution in [2.45, 2.75) is 77.7 Å². The fraction of sp³-hybridized carbons (Fsp3) is 0.682. The van der Waals surface area contributed by atoms with E-state index in [1.165, 1.54) is 12.1 Å². The second-order valence-corrected chi connectivity index (χ2v) is 7.44. The van der Waals surface area contributed by atoms with E-state index in [9.17, 15) is 18.7 Å². The average molecular weight is 398 g/mol. The van der Waals surface area contributed by atoms with E-state index in [0.29, 0.717) is 18.4 Å². The Balaban J connectivity index is 1.86. The number of phenols is 1. The van der Waals surface area contributed by atoms with Crippen LogP contribution in [-0.2, 0) is 4.74 Å². The summed E-state index contributed by atoms with van der Waals surface area (Å²) in [6, 6.07) is 2.72. The SMILES string of the molecule is CCCOC1CCC(CCCC(=O)c2ccc(OCC)c(C(F)F)c2O)CC1. The van der Waals surface area contributed by atoms with Gasteiger partial charge in [-0.15, -0.1) is 0 Å². The highest BCUT2D eigenvalue weighted by atomic mass is 19.3. The summed E-state index contributed by atoms with van der Waals surface area (Å²) in [5.74, 6) is -0.449. The number of rotatable bonds is 11. The summed E-state index contributed by atoms with van der Waals surface area (Å²) in [6.07, 6.45) is 4.72. The van der Waals surface area contributed by atoms with E-state index >= 15 is 0 Å². The Morgan fingerprint density at radius 1 is 1.21 bits per heavy atom. The molecule has 1 aromatic rings. The molecule has 28 heavy (non-hydrogen) atoms. The van der Waals surface area contributed by atoms with E-state index in [0.717, 1.165) is 45.1 Å². The van der Waals surface area contributed by atoms with Crippen LogP contribution >= 0.6 is 0 Å². The van der Waals surface area contributed by atoms with Crippen molar-refractivity contribution < 1.29 is 28.2 Å². The van der Waals surface area contributed by atoms with Gasteiger partial charge < -0.3 is 14.6 Å². The predicted octanol–water partition coefficient (Wildman–Crippen LogP) is 6.07. The summed E-state index contributed by atoms with van der Waals surface area (Å²) in [5, 5.41) is 10.2. The third-order valence-electron chi connectivity index (χ3n) is 5.36. The summed E-state index contributed by atoms with van der Waals surface area (Å²) >= 11 is 0. The van der Waals surface area contributed by atoms with E-state index in [1.807, 2.05) is 0 Å². The molecule has 0 unspecified atom stereocenters. The number of carbonyl (C=O) groups is 1. The second-order valence-electron chi connectivity index (χ2n) is 7.44. The molecule has 1 saturated carbocycles. The van der Waals surface area contributed by atoms with Gasteiger partial charge in [-0.25, -0.2) is 8.78 Å². The van der Waals surface area contributed by atoms with Crippen LogP contribution in [0.3, 0.4) is 0 Å². The highest BCUT2D eigenvalue weighted by Gasteiger charge is 2.25. The highest BCUT2D eigenvalue weighted by molar-refractivity contribution is 5.99. The molecule has 0 aliphatic heterocycles. The quantitative estimate of drug-likeness (QED) is 0.460. The Hall–Kier alpha value is -1.69. The Morgan fingerprint density at radius 3 is 2.54 bits per heavy atom. The number of hydrogen-bond donors (Lipinski definition) is 1. The summed E-state index contributed by atoms with van der Waals surface area (Å²) in [7, 11) is 0. The highest BCUT2D eigenvalue weighted by Crippen LogP contribution is 2.39. The summed E-state index contributed by atoms with van der Waals surface area (Å²) < 4.78 is 37.5. The van der Waals surface area contributed by atoms with Gasteiger partial charge in [-0.1, -0.05) is 13.3 Å². The maximum Gasteiger partial charge on any atom is 0.271 e. The number of ketones is 1. The Labute approximate surface area is 166 Å². The van der Waals surface area contributed by atoms with Gasteiger partial charge in [0.15, 0.2) is 5.78 Å². The van der Waals surface area contributed by atoms with Gasteiger partial charge in [-0.3, -0.25) is 4.79 Å². The summed E-state index contributed by atoms with van der Waals surface area (Å²) in [5.41, 5.74) is -0.645. The number of carbonyl (C=O) groups excluding carboxylic acids is 1. The van der Waals surface area contributed by atoms with Gasteiger partial charge in [0.2, 0.25) is 0 Å². The van der Waals surface area contributed by atoms with Crippen molar-refractivity contribution in [2.75, 3.05) is 13.2 Å². The normalized spacial score (nSPS) is 19.8. The Morgan fingerprint density at radius 2 is 1.93 bits per heavy atom. The van der Waals surface area contributed by atoms with Gasteiger partial charge in [0.25, 0.3) is 6.43 Å². The van der Waals surface area contributed by atoms with E-state index in [4.69, 9.17) is 9.47 Å². The number of hydrogen-bond acceptors (Lipinski definition) is 4. The van der Waals surface area contributed by atoms with Gasteiger partial charge in [-0.05, 0) is 63.5 Å². The van der Waals surface area contributed by atoms with Crippen molar-refractivity contribution in [1.29, 1.82) is 0 Å². The number of halogens is 2. The average Bonchev–Trinajstić information content (AvgIpc) is 2.67. The molecule has 0 atom stereocenters. The van der Waals surface area contributed by atoms with Crippen molar-refractivity contribution in [3.63, 3.8) is 0 Å². The standard InChI is InChI=1S/C22H32F2O4/c1-3-14-28-16-10-8-15(9-11-16)6-5-7-18(25)17-12-13-19(27-4-2)20(21(17)26)22(23)24/h12-13,15-16,22,26H,3-11,14H2,1-2H3. The molecule has 6 heteroatoms. The molecule has 1 fully saturated rings. The molecule has 1 aliphatic rings. The monoisotopic (exact) mass is 398 g/mol. The first-order chi connectivity index (χ1) is 13.5. The number of ether oxygens (including phenoxy) is 2. The lowest BCUT2D eigenvalue weighted by Crippen LogP contribution is -2.22. The third-order valence-corrected chi connectivity index (χ3v) is 5.36. The predicted molar refractivity (Wildman–Crippen MR) is 104 cm³/mol. The summed E-state index contributed by atoms with van der Waals surface area (Å²) in [6.45, 7) is 4.80. The Bertz CT molecular complexity index is 625. The topological polar surface area (TPSA) is 55.8 Å². The zero-order valence-corrected chi connectivity index (χ0v) is 16.9. The number of aromatic hydroxyl groups is 1.